The van der Waals surface area contributed by atoms with Gasteiger partial charge in [-0.1, -0.05) is 18.2 Å². The number of amides is 1. The van der Waals surface area contributed by atoms with Crippen LogP contribution in [0.2, 0.25) is 0 Å². The van der Waals surface area contributed by atoms with Crippen LogP contribution < -0.4 is 10.1 Å². The summed E-state index contributed by atoms with van der Waals surface area (Å²) in [7, 11) is 5.64. The summed E-state index contributed by atoms with van der Waals surface area (Å²) in [6, 6.07) is 15.7. The zero-order valence-electron chi connectivity index (χ0n) is 21.3. The first-order valence-corrected chi connectivity index (χ1v) is 12.5. The number of hydrogen-bond donors (Lipinski definition) is 1. The second kappa shape index (κ2) is 9.14. The van der Waals surface area contributed by atoms with E-state index in [1.54, 1.807) is 7.11 Å². The van der Waals surface area contributed by atoms with Gasteiger partial charge in [0.2, 0.25) is 5.84 Å². The number of carbonyl (C=O) groups excluding carboxylic acids is 1. The molecule has 0 saturated carbocycles. The first-order chi connectivity index (χ1) is 18.0. The number of allylic oxidation sites excluding steroid dienone is 2. The lowest BCUT2D eigenvalue weighted by molar-refractivity contribution is -0.713. The van der Waals surface area contributed by atoms with Gasteiger partial charge in [-0.3, -0.25) is 9.79 Å². The highest BCUT2D eigenvalue weighted by molar-refractivity contribution is 6.07. The minimum absolute atomic E-state index is 0.192. The average molecular weight is 497 g/mol. The molecule has 6 rings (SSSR count). The number of hydrogen-bond acceptors (Lipinski definition) is 5. The average Bonchev–Trinajstić information content (AvgIpc) is 3.44. The molecule has 0 aliphatic carbocycles. The van der Waals surface area contributed by atoms with Crippen molar-refractivity contribution in [3.8, 4) is 5.75 Å². The van der Waals surface area contributed by atoms with Crippen LogP contribution >= 0.6 is 0 Å². The number of amidine groups is 1. The Bertz CT molecular complexity index is 1520. The van der Waals surface area contributed by atoms with Gasteiger partial charge in [0, 0.05) is 37.1 Å². The van der Waals surface area contributed by atoms with E-state index in [1.165, 1.54) is 0 Å². The maximum absolute atomic E-state index is 13.2. The van der Waals surface area contributed by atoms with Gasteiger partial charge >= 0.3 is 0 Å². The molecule has 4 heterocycles. The number of ether oxygens (including phenoxy) is 2. The van der Waals surface area contributed by atoms with Crippen LogP contribution in [0.15, 0.2) is 82.3 Å². The van der Waals surface area contributed by atoms with Crippen molar-refractivity contribution >= 4 is 34.5 Å². The van der Waals surface area contributed by atoms with Gasteiger partial charge in [0.15, 0.2) is 5.70 Å². The molecule has 0 spiro atoms. The van der Waals surface area contributed by atoms with Crippen molar-refractivity contribution in [2.75, 3.05) is 32.7 Å². The highest BCUT2D eigenvalue weighted by atomic mass is 16.5. The zero-order chi connectivity index (χ0) is 25.6. The Morgan fingerprint density at radius 1 is 1.16 bits per heavy atom. The fourth-order valence-electron chi connectivity index (χ4n) is 5.48. The van der Waals surface area contributed by atoms with Gasteiger partial charge < -0.3 is 19.4 Å². The summed E-state index contributed by atoms with van der Waals surface area (Å²) in [5.41, 5.74) is 5.31. The fraction of sp³-hybridized carbons (Fsp3) is 0.276. The maximum Gasteiger partial charge on any atom is 0.272 e. The van der Waals surface area contributed by atoms with E-state index in [2.05, 4.69) is 23.6 Å². The smallest absolute Gasteiger partial charge is 0.272 e. The number of para-hydroxylation sites is 1. The zero-order valence-corrected chi connectivity index (χ0v) is 21.3. The third-order valence-corrected chi connectivity index (χ3v) is 7.58. The minimum atomic E-state index is -0.192. The van der Waals surface area contributed by atoms with Crippen LogP contribution in [-0.4, -0.2) is 54.4 Å². The van der Waals surface area contributed by atoms with E-state index in [4.69, 9.17) is 14.5 Å². The van der Waals surface area contributed by atoms with E-state index >= 15 is 0 Å². The molecule has 1 amide bonds. The molecule has 8 nitrogen and oxygen atoms in total. The molecule has 1 N–H and O–H groups in total. The van der Waals surface area contributed by atoms with Crippen LogP contribution in [0.5, 0.6) is 5.75 Å². The Morgan fingerprint density at radius 2 is 1.97 bits per heavy atom. The second-order valence-corrected chi connectivity index (χ2v) is 9.76. The summed E-state index contributed by atoms with van der Waals surface area (Å²) in [5, 5.41) is 4.06. The normalized spacial score (nSPS) is 21.3. The third-order valence-electron chi connectivity index (χ3n) is 7.58. The topological polar surface area (TPSA) is 77.2 Å². The Balaban J connectivity index is 1.32. The van der Waals surface area contributed by atoms with Crippen molar-refractivity contribution in [1.29, 1.82) is 0 Å². The van der Waals surface area contributed by atoms with Gasteiger partial charge in [-0.2, -0.15) is 4.99 Å². The van der Waals surface area contributed by atoms with Crippen LogP contribution in [0.4, 0.5) is 5.69 Å². The minimum Gasteiger partial charge on any atom is -0.495 e. The number of methoxy groups -OCH3 is 1. The van der Waals surface area contributed by atoms with E-state index in [-0.39, 0.29) is 5.91 Å². The molecule has 1 saturated heterocycles. The van der Waals surface area contributed by atoms with Crippen LogP contribution in [0.1, 0.15) is 28.9 Å². The van der Waals surface area contributed by atoms with Crippen LogP contribution in [-0.2, 0) is 11.8 Å². The van der Waals surface area contributed by atoms with Crippen LogP contribution in [0, 0.1) is 5.92 Å². The van der Waals surface area contributed by atoms with Gasteiger partial charge in [0.05, 0.1) is 37.8 Å². The second-order valence-electron chi connectivity index (χ2n) is 9.76. The molecule has 3 aromatic rings. The quantitative estimate of drug-likeness (QED) is 0.514. The summed E-state index contributed by atoms with van der Waals surface area (Å²) in [5.74, 6) is 1.64. The summed E-state index contributed by atoms with van der Waals surface area (Å²) < 4.78 is 13.7. The molecule has 2 aromatic carbocycles. The molecular weight excluding hydrogens is 466 g/mol. The van der Waals surface area contributed by atoms with Crippen LogP contribution in [0.25, 0.3) is 10.9 Å². The van der Waals surface area contributed by atoms with E-state index in [1.807, 2.05) is 72.6 Å². The molecule has 0 bridgehead atoms. The van der Waals surface area contributed by atoms with Gasteiger partial charge in [0.1, 0.15) is 23.3 Å². The molecule has 1 aromatic heterocycles. The lowest BCUT2D eigenvalue weighted by Gasteiger charge is -2.29. The number of quaternary nitrogens is 1. The van der Waals surface area contributed by atoms with Gasteiger partial charge in [-0.05, 0) is 43.2 Å². The molecule has 1 atom stereocenters. The molecule has 1 fully saturated rings. The molecule has 37 heavy (non-hydrogen) atoms. The lowest BCUT2D eigenvalue weighted by atomic mass is 9.95. The van der Waals surface area contributed by atoms with Gasteiger partial charge in [-0.25, -0.2) is 4.48 Å². The first kappa shape index (κ1) is 23.4. The predicted molar refractivity (Wildman–Crippen MR) is 145 cm³/mol. The van der Waals surface area contributed by atoms with Crippen LogP contribution in [0.3, 0.4) is 0 Å². The Hall–Kier alpha value is -4.01. The molecule has 3 aliphatic rings. The van der Waals surface area contributed by atoms with Crippen molar-refractivity contribution in [2.24, 2.45) is 23.0 Å². The Labute approximate surface area is 215 Å². The summed E-state index contributed by atoms with van der Waals surface area (Å²) >= 11 is 0. The number of fused-ring (bicyclic) bond motifs is 2. The molecule has 3 aliphatic heterocycles. The van der Waals surface area contributed by atoms with Crippen molar-refractivity contribution < 1.29 is 18.8 Å². The van der Waals surface area contributed by atoms with E-state index in [0.717, 1.165) is 59.8 Å². The molecule has 1 unspecified atom stereocenters. The number of benzene rings is 2. The van der Waals surface area contributed by atoms with Crippen molar-refractivity contribution in [3.05, 3.63) is 83.6 Å². The van der Waals surface area contributed by atoms with Crippen molar-refractivity contribution in [3.63, 3.8) is 0 Å². The summed E-state index contributed by atoms with van der Waals surface area (Å²) in [4.78, 5) is 22.8. The standard InChI is InChI=1S/C29H29N5O3/c1-33-23-7-5-4-6-20(23)16-24(33)29(35)31-22-9-8-21(17-26(22)36-3)28-32-27(19-10-14-37-15-11-19)25-18-30-12-13-34(25,28)2/h4-9,12-13,16-19H,10-11,14-15H2,1-3H3/p+1. The molecular formula is C29H30N5O3+. The van der Waals surface area contributed by atoms with E-state index in [0.29, 0.717) is 27.5 Å². The lowest BCUT2D eigenvalue weighted by Crippen LogP contribution is -2.43. The largest absolute Gasteiger partial charge is 0.495 e. The Morgan fingerprint density at radius 3 is 2.76 bits per heavy atom. The fourth-order valence-corrected chi connectivity index (χ4v) is 5.48. The predicted octanol–water partition coefficient (Wildman–Crippen LogP) is 4.84. The van der Waals surface area contributed by atoms with Gasteiger partial charge in [0.25, 0.3) is 5.91 Å². The number of nitrogens with one attached hydrogen (secondary N) is 1. The van der Waals surface area contributed by atoms with E-state index in [9.17, 15) is 4.79 Å². The number of nitrogens with zero attached hydrogens (tertiary/aromatic N) is 4. The number of aromatic nitrogens is 1. The van der Waals surface area contributed by atoms with E-state index < -0.39 is 0 Å². The number of rotatable bonds is 5. The Kier molecular flexibility index (Phi) is 5.78. The number of aliphatic imine (C=N–C) groups is 2. The molecule has 8 heteroatoms. The number of carbonyl (C=O) groups is 1. The first-order valence-electron chi connectivity index (χ1n) is 12.5. The summed E-state index contributed by atoms with van der Waals surface area (Å²) in [6.45, 7) is 1.50. The number of aryl methyl sites for hydroxylation is 1. The monoisotopic (exact) mass is 496 g/mol. The molecule has 0 radical (unpaired) electrons. The SMILES string of the molecule is COc1cc(C2=NC(C3CCOCC3)=C3C=NC=C[N+]23C)ccc1NC(=O)c1cc2ccccc2n1C. The maximum atomic E-state index is 13.2. The number of anilines is 1. The van der Waals surface area contributed by atoms with Crippen molar-refractivity contribution in [1.82, 2.24) is 4.57 Å². The van der Waals surface area contributed by atoms with Gasteiger partial charge in [-0.15, -0.1) is 0 Å². The molecule has 188 valence electrons. The highest BCUT2D eigenvalue weighted by Gasteiger charge is 2.44. The highest BCUT2D eigenvalue weighted by Crippen LogP contribution is 2.40. The third kappa shape index (κ3) is 3.89. The van der Waals surface area contributed by atoms with Crippen molar-refractivity contribution in [2.45, 2.75) is 12.8 Å². The summed E-state index contributed by atoms with van der Waals surface area (Å²) in [6.07, 6.45) is 7.71.